The summed E-state index contributed by atoms with van der Waals surface area (Å²) >= 11 is 0. The predicted molar refractivity (Wildman–Crippen MR) is 92.2 cm³/mol. The zero-order valence-corrected chi connectivity index (χ0v) is 12.9. The van der Waals surface area contributed by atoms with Gasteiger partial charge in [-0.15, -0.1) is 0 Å². The average molecular weight is 326 g/mol. The van der Waals surface area contributed by atoms with Crippen LogP contribution in [0.2, 0.25) is 0 Å². The number of hydrogen-bond donors (Lipinski definition) is 4. The van der Waals surface area contributed by atoms with Crippen molar-refractivity contribution in [3.63, 3.8) is 0 Å². The minimum atomic E-state index is -1.82. The number of para-hydroxylation sites is 2. The van der Waals surface area contributed by atoms with Gasteiger partial charge in [0.25, 0.3) is 0 Å². The second-order valence-electron chi connectivity index (χ2n) is 5.01. The van der Waals surface area contributed by atoms with Crippen LogP contribution in [-0.2, 0) is 16.0 Å². The highest BCUT2D eigenvalue weighted by molar-refractivity contribution is 6.27. The van der Waals surface area contributed by atoms with Gasteiger partial charge in [0.1, 0.15) is 0 Å². The number of carboxylic acids is 2. The molecular weight excluding hydrogens is 308 g/mol. The van der Waals surface area contributed by atoms with E-state index < -0.39 is 11.9 Å². The molecule has 0 fully saturated rings. The molecule has 0 saturated heterocycles. The third-order valence-corrected chi connectivity index (χ3v) is 3.36. The van der Waals surface area contributed by atoms with Gasteiger partial charge in [-0.1, -0.05) is 36.4 Å². The third-order valence-electron chi connectivity index (χ3n) is 3.36. The number of aromatic nitrogens is 1. The molecule has 0 saturated carbocycles. The second kappa shape index (κ2) is 8.38. The largest absolute Gasteiger partial charge is 0.473 e. The standard InChI is InChI=1S/C16H16N2.C2H2O4/c1-2-6-14(7-3-1)17-11-10-13-12-18-16-9-5-4-8-15(13)16;3-1(4)2(5)6/h1-9,12,17-18H,10-11H2;(H,3,4)(H,5,6). The zero-order valence-electron chi connectivity index (χ0n) is 12.9. The minimum Gasteiger partial charge on any atom is -0.473 e. The van der Waals surface area contributed by atoms with Gasteiger partial charge in [-0.25, -0.2) is 9.59 Å². The van der Waals surface area contributed by atoms with Crippen molar-refractivity contribution in [2.45, 2.75) is 6.42 Å². The molecule has 6 nitrogen and oxygen atoms in total. The van der Waals surface area contributed by atoms with E-state index in [9.17, 15) is 0 Å². The monoisotopic (exact) mass is 326 g/mol. The fourth-order valence-electron chi connectivity index (χ4n) is 2.24. The fourth-order valence-corrected chi connectivity index (χ4v) is 2.24. The first-order valence-electron chi connectivity index (χ1n) is 7.38. The zero-order chi connectivity index (χ0) is 17.4. The molecule has 1 heterocycles. The molecule has 0 aliphatic rings. The van der Waals surface area contributed by atoms with Crippen LogP contribution >= 0.6 is 0 Å². The van der Waals surface area contributed by atoms with E-state index in [0.717, 1.165) is 13.0 Å². The van der Waals surface area contributed by atoms with Gasteiger partial charge in [-0.05, 0) is 30.2 Å². The highest BCUT2D eigenvalue weighted by Crippen LogP contribution is 2.18. The fraction of sp³-hybridized carbons (Fsp3) is 0.111. The Bertz CT molecular complexity index is 800. The number of benzene rings is 2. The third kappa shape index (κ3) is 4.88. The van der Waals surface area contributed by atoms with Crippen LogP contribution in [0.5, 0.6) is 0 Å². The quantitative estimate of drug-likeness (QED) is 0.552. The molecule has 0 spiro atoms. The van der Waals surface area contributed by atoms with Crippen molar-refractivity contribution >= 4 is 28.5 Å². The van der Waals surface area contributed by atoms with Gasteiger partial charge >= 0.3 is 11.9 Å². The summed E-state index contributed by atoms with van der Waals surface area (Å²) in [5.74, 6) is -3.65. The average Bonchev–Trinajstić information content (AvgIpc) is 3.00. The lowest BCUT2D eigenvalue weighted by Crippen LogP contribution is -2.09. The molecule has 1 aromatic heterocycles. The van der Waals surface area contributed by atoms with Crippen molar-refractivity contribution in [2.24, 2.45) is 0 Å². The molecule has 0 aliphatic carbocycles. The lowest BCUT2D eigenvalue weighted by molar-refractivity contribution is -0.159. The number of aliphatic carboxylic acids is 2. The maximum absolute atomic E-state index is 9.10. The van der Waals surface area contributed by atoms with Gasteiger partial charge in [0, 0.05) is 29.3 Å². The molecule has 4 N–H and O–H groups in total. The van der Waals surface area contributed by atoms with E-state index in [1.165, 1.54) is 22.2 Å². The molecule has 124 valence electrons. The number of hydrogen-bond acceptors (Lipinski definition) is 3. The van der Waals surface area contributed by atoms with Gasteiger partial charge in [-0.3, -0.25) is 0 Å². The van der Waals surface area contributed by atoms with Crippen LogP contribution in [-0.4, -0.2) is 33.7 Å². The predicted octanol–water partition coefficient (Wildman–Crippen LogP) is 2.98. The Balaban J connectivity index is 0.000000301. The van der Waals surface area contributed by atoms with Crippen LogP contribution in [0.15, 0.2) is 60.8 Å². The molecule has 0 unspecified atom stereocenters. The van der Waals surface area contributed by atoms with Gasteiger partial charge in [-0.2, -0.15) is 0 Å². The summed E-state index contributed by atoms with van der Waals surface area (Å²) in [4.78, 5) is 21.5. The Hall–Kier alpha value is -3.28. The van der Waals surface area contributed by atoms with Crippen molar-refractivity contribution in [3.05, 3.63) is 66.4 Å². The molecule has 0 aliphatic heterocycles. The minimum absolute atomic E-state index is 0.950. The first-order chi connectivity index (χ1) is 11.6. The molecule has 2 aromatic carbocycles. The molecule has 3 aromatic rings. The van der Waals surface area contributed by atoms with Gasteiger partial charge in [0.15, 0.2) is 0 Å². The summed E-state index contributed by atoms with van der Waals surface area (Å²) in [5.41, 5.74) is 3.76. The van der Waals surface area contributed by atoms with Crippen LogP contribution in [0.25, 0.3) is 10.9 Å². The maximum atomic E-state index is 9.10. The van der Waals surface area contributed by atoms with Gasteiger partial charge in [0.05, 0.1) is 0 Å². The summed E-state index contributed by atoms with van der Waals surface area (Å²) in [5, 5.41) is 19.5. The summed E-state index contributed by atoms with van der Waals surface area (Å²) in [6.07, 6.45) is 3.14. The highest BCUT2D eigenvalue weighted by atomic mass is 16.4. The lowest BCUT2D eigenvalue weighted by Gasteiger charge is -2.05. The summed E-state index contributed by atoms with van der Waals surface area (Å²) in [6.45, 7) is 0.950. The molecule has 0 radical (unpaired) electrons. The normalized spacial score (nSPS) is 9.83. The number of H-pyrrole nitrogens is 1. The van der Waals surface area contributed by atoms with Crippen LogP contribution < -0.4 is 5.32 Å². The molecular formula is C18H18N2O4. The van der Waals surface area contributed by atoms with Crippen LogP contribution in [0, 0.1) is 0 Å². The number of carbonyl (C=O) groups is 2. The number of aromatic amines is 1. The van der Waals surface area contributed by atoms with E-state index in [0.29, 0.717) is 0 Å². The first kappa shape index (κ1) is 17.1. The van der Waals surface area contributed by atoms with Crippen LogP contribution in [0.3, 0.4) is 0 Å². The lowest BCUT2D eigenvalue weighted by atomic mass is 10.1. The molecule has 6 heteroatoms. The van der Waals surface area contributed by atoms with E-state index in [4.69, 9.17) is 19.8 Å². The van der Waals surface area contributed by atoms with Crippen molar-refractivity contribution in [3.8, 4) is 0 Å². The Labute approximate surface area is 138 Å². The van der Waals surface area contributed by atoms with E-state index in [2.05, 4.69) is 52.9 Å². The summed E-state index contributed by atoms with van der Waals surface area (Å²) in [6, 6.07) is 18.7. The van der Waals surface area contributed by atoms with Crippen molar-refractivity contribution < 1.29 is 19.8 Å². The number of carboxylic acid groups (broad SMARTS) is 2. The molecule has 0 bridgehead atoms. The maximum Gasteiger partial charge on any atom is 0.414 e. The van der Waals surface area contributed by atoms with E-state index in [-0.39, 0.29) is 0 Å². The number of rotatable bonds is 4. The number of anilines is 1. The summed E-state index contributed by atoms with van der Waals surface area (Å²) < 4.78 is 0. The SMILES string of the molecule is O=C(O)C(=O)O.c1ccc(NCCc2c[nH]c3ccccc23)cc1. The molecule has 0 atom stereocenters. The van der Waals surface area contributed by atoms with Gasteiger partial charge < -0.3 is 20.5 Å². The number of fused-ring (bicyclic) bond motifs is 1. The number of nitrogens with one attached hydrogen (secondary N) is 2. The van der Waals surface area contributed by atoms with Crippen molar-refractivity contribution in [1.29, 1.82) is 0 Å². The smallest absolute Gasteiger partial charge is 0.414 e. The van der Waals surface area contributed by atoms with E-state index >= 15 is 0 Å². The Kier molecular flexibility index (Phi) is 5.96. The van der Waals surface area contributed by atoms with Crippen molar-refractivity contribution in [2.75, 3.05) is 11.9 Å². The topological polar surface area (TPSA) is 102 Å². The Morgan fingerprint density at radius 1 is 0.917 bits per heavy atom. The highest BCUT2D eigenvalue weighted by Gasteiger charge is 2.04. The van der Waals surface area contributed by atoms with Crippen LogP contribution in [0.4, 0.5) is 5.69 Å². The van der Waals surface area contributed by atoms with Crippen LogP contribution in [0.1, 0.15) is 5.56 Å². The molecule has 0 amide bonds. The molecule has 24 heavy (non-hydrogen) atoms. The Morgan fingerprint density at radius 3 is 2.21 bits per heavy atom. The van der Waals surface area contributed by atoms with E-state index in [1.54, 1.807) is 0 Å². The van der Waals surface area contributed by atoms with E-state index in [1.807, 2.05) is 18.2 Å². The van der Waals surface area contributed by atoms with Crippen molar-refractivity contribution in [1.82, 2.24) is 4.98 Å². The van der Waals surface area contributed by atoms with Gasteiger partial charge in [0.2, 0.25) is 0 Å². The Morgan fingerprint density at radius 2 is 1.54 bits per heavy atom. The summed E-state index contributed by atoms with van der Waals surface area (Å²) in [7, 11) is 0. The second-order valence-corrected chi connectivity index (χ2v) is 5.01. The first-order valence-corrected chi connectivity index (χ1v) is 7.38. The molecule has 3 rings (SSSR count).